The van der Waals surface area contributed by atoms with Crippen LogP contribution in [0.5, 0.6) is 0 Å². The van der Waals surface area contributed by atoms with E-state index in [1.54, 1.807) is 6.07 Å². The Morgan fingerprint density at radius 3 is 2.60 bits per heavy atom. The fourth-order valence-corrected chi connectivity index (χ4v) is 1.57. The van der Waals surface area contributed by atoms with Crippen LogP contribution in [0.1, 0.15) is 18.9 Å². The van der Waals surface area contributed by atoms with Crippen molar-refractivity contribution in [2.75, 3.05) is 19.0 Å². The normalized spacial score (nSPS) is 12.6. The molecule has 2 N–H and O–H groups in total. The number of nitrogens with zero attached hydrogens (tertiary/aromatic N) is 1. The lowest BCUT2D eigenvalue weighted by atomic mass is 10.0. The summed E-state index contributed by atoms with van der Waals surface area (Å²) in [6, 6.07) is 5.05. The summed E-state index contributed by atoms with van der Waals surface area (Å²) in [6.07, 6.45) is 1.70. The van der Waals surface area contributed by atoms with Gasteiger partial charge in [-0.3, -0.25) is 0 Å². The Hall–Kier alpha value is -1.09. The van der Waals surface area contributed by atoms with Crippen molar-refractivity contribution in [3.8, 4) is 0 Å². The van der Waals surface area contributed by atoms with Crippen LogP contribution in [0.3, 0.4) is 0 Å². The zero-order chi connectivity index (χ0) is 11.4. The molecular formula is C12H19FN2. The summed E-state index contributed by atoms with van der Waals surface area (Å²) in [4.78, 5) is 2.00. The van der Waals surface area contributed by atoms with Gasteiger partial charge in [0.25, 0.3) is 0 Å². The maximum Gasteiger partial charge on any atom is 0.123 e. The van der Waals surface area contributed by atoms with Crippen LogP contribution < -0.4 is 10.6 Å². The Morgan fingerprint density at radius 1 is 1.40 bits per heavy atom. The highest BCUT2D eigenvalue weighted by Gasteiger charge is 2.06. The van der Waals surface area contributed by atoms with Gasteiger partial charge in [0, 0.05) is 25.8 Å². The summed E-state index contributed by atoms with van der Waals surface area (Å²) in [5.74, 6) is -0.180. The standard InChI is InChI=1S/C12H19FN2/c1-9(14)4-5-10-8-11(13)6-7-12(10)15(2)3/h6-9H,4-5,14H2,1-3H3. The maximum atomic E-state index is 13.1. The van der Waals surface area contributed by atoms with Crippen LogP contribution in [0.15, 0.2) is 18.2 Å². The third-order valence-electron chi connectivity index (χ3n) is 2.39. The summed E-state index contributed by atoms with van der Waals surface area (Å²) in [5, 5.41) is 0. The quantitative estimate of drug-likeness (QED) is 0.825. The van der Waals surface area contributed by atoms with Gasteiger partial charge in [-0.15, -0.1) is 0 Å². The zero-order valence-corrected chi connectivity index (χ0v) is 9.63. The molecule has 15 heavy (non-hydrogen) atoms. The summed E-state index contributed by atoms with van der Waals surface area (Å²) < 4.78 is 13.1. The maximum absolute atomic E-state index is 13.1. The van der Waals surface area contributed by atoms with Crippen LogP contribution in [0.2, 0.25) is 0 Å². The van der Waals surface area contributed by atoms with Crippen LogP contribution in [-0.4, -0.2) is 20.1 Å². The molecule has 1 rings (SSSR count). The molecule has 0 fully saturated rings. The topological polar surface area (TPSA) is 29.3 Å². The second kappa shape index (κ2) is 5.12. The number of aryl methyl sites for hydroxylation is 1. The lowest BCUT2D eigenvalue weighted by Gasteiger charge is -2.18. The van der Waals surface area contributed by atoms with Crippen molar-refractivity contribution in [3.63, 3.8) is 0 Å². The average molecular weight is 210 g/mol. The predicted molar refractivity (Wildman–Crippen MR) is 62.7 cm³/mol. The van der Waals surface area contributed by atoms with E-state index in [-0.39, 0.29) is 11.9 Å². The Morgan fingerprint density at radius 2 is 2.07 bits per heavy atom. The highest BCUT2D eigenvalue weighted by Crippen LogP contribution is 2.21. The molecular weight excluding hydrogens is 191 g/mol. The molecule has 1 atom stereocenters. The summed E-state index contributed by atoms with van der Waals surface area (Å²) in [5.41, 5.74) is 7.79. The van der Waals surface area contributed by atoms with Gasteiger partial charge in [0.2, 0.25) is 0 Å². The van der Waals surface area contributed by atoms with Gasteiger partial charge >= 0.3 is 0 Å². The van der Waals surface area contributed by atoms with Gasteiger partial charge in [-0.25, -0.2) is 4.39 Å². The predicted octanol–water partition coefficient (Wildman–Crippen LogP) is 2.17. The van der Waals surface area contributed by atoms with Crippen LogP contribution in [-0.2, 0) is 6.42 Å². The number of anilines is 1. The van der Waals surface area contributed by atoms with E-state index >= 15 is 0 Å². The van der Waals surface area contributed by atoms with E-state index in [9.17, 15) is 4.39 Å². The molecule has 0 amide bonds. The molecule has 1 aromatic carbocycles. The summed E-state index contributed by atoms with van der Waals surface area (Å²) >= 11 is 0. The molecule has 0 heterocycles. The molecule has 0 radical (unpaired) electrons. The van der Waals surface area contributed by atoms with E-state index in [4.69, 9.17) is 5.73 Å². The Bertz CT molecular complexity index is 321. The van der Waals surface area contributed by atoms with Crippen LogP contribution >= 0.6 is 0 Å². The molecule has 0 aromatic heterocycles. The smallest absolute Gasteiger partial charge is 0.123 e. The van der Waals surface area contributed by atoms with Crippen molar-refractivity contribution in [2.45, 2.75) is 25.8 Å². The molecule has 0 bridgehead atoms. The highest BCUT2D eigenvalue weighted by molar-refractivity contribution is 5.52. The fourth-order valence-electron chi connectivity index (χ4n) is 1.57. The van der Waals surface area contributed by atoms with Crippen LogP contribution in [0.25, 0.3) is 0 Å². The average Bonchev–Trinajstić information content (AvgIpc) is 2.14. The van der Waals surface area contributed by atoms with Crippen molar-refractivity contribution in [1.82, 2.24) is 0 Å². The zero-order valence-electron chi connectivity index (χ0n) is 9.63. The van der Waals surface area contributed by atoms with E-state index in [2.05, 4.69) is 0 Å². The molecule has 0 aliphatic carbocycles. The first-order chi connectivity index (χ1) is 7.00. The SMILES string of the molecule is CC(N)CCc1cc(F)ccc1N(C)C. The lowest BCUT2D eigenvalue weighted by Crippen LogP contribution is -2.17. The largest absolute Gasteiger partial charge is 0.377 e. The number of rotatable bonds is 4. The fraction of sp³-hybridized carbons (Fsp3) is 0.500. The van der Waals surface area contributed by atoms with E-state index < -0.39 is 0 Å². The third-order valence-corrected chi connectivity index (χ3v) is 2.39. The second-order valence-electron chi connectivity index (χ2n) is 4.18. The van der Waals surface area contributed by atoms with Crippen LogP contribution in [0.4, 0.5) is 10.1 Å². The minimum absolute atomic E-state index is 0.156. The summed E-state index contributed by atoms with van der Waals surface area (Å²) in [6.45, 7) is 1.97. The first kappa shape index (κ1) is 12.0. The Labute approximate surface area is 90.9 Å². The number of hydrogen-bond donors (Lipinski definition) is 1. The molecule has 3 heteroatoms. The van der Waals surface area contributed by atoms with Gasteiger partial charge < -0.3 is 10.6 Å². The van der Waals surface area contributed by atoms with Crippen molar-refractivity contribution in [1.29, 1.82) is 0 Å². The Balaban J connectivity index is 2.87. The van der Waals surface area contributed by atoms with Crippen molar-refractivity contribution < 1.29 is 4.39 Å². The van der Waals surface area contributed by atoms with Crippen molar-refractivity contribution >= 4 is 5.69 Å². The van der Waals surface area contributed by atoms with Gasteiger partial charge in [-0.1, -0.05) is 0 Å². The number of nitrogens with two attached hydrogens (primary N) is 1. The minimum atomic E-state index is -0.180. The molecule has 1 aromatic rings. The molecule has 0 spiro atoms. The van der Waals surface area contributed by atoms with E-state index in [0.29, 0.717) is 0 Å². The first-order valence-electron chi connectivity index (χ1n) is 5.22. The molecule has 0 saturated carbocycles. The van der Waals surface area contributed by atoms with E-state index in [1.165, 1.54) is 6.07 Å². The second-order valence-corrected chi connectivity index (χ2v) is 4.18. The van der Waals surface area contributed by atoms with Gasteiger partial charge in [0.15, 0.2) is 0 Å². The lowest BCUT2D eigenvalue weighted by molar-refractivity contribution is 0.619. The molecule has 84 valence electrons. The molecule has 0 aliphatic rings. The van der Waals surface area contributed by atoms with Gasteiger partial charge in [-0.05, 0) is 43.5 Å². The van der Waals surface area contributed by atoms with E-state index in [0.717, 1.165) is 24.1 Å². The van der Waals surface area contributed by atoms with Crippen molar-refractivity contribution in [2.24, 2.45) is 5.73 Å². The Kier molecular flexibility index (Phi) is 4.09. The van der Waals surface area contributed by atoms with Gasteiger partial charge in [-0.2, -0.15) is 0 Å². The molecule has 2 nitrogen and oxygen atoms in total. The number of halogens is 1. The van der Waals surface area contributed by atoms with Gasteiger partial charge in [0.1, 0.15) is 5.82 Å². The monoisotopic (exact) mass is 210 g/mol. The molecule has 0 aliphatic heterocycles. The van der Waals surface area contributed by atoms with Crippen LogP contribution in [0, 0.1) is 5.82 Å². The number of hydrogen-bond acceptors (Lipinski definition) is 2. The molecule has 0 saturated heterocycles. The van der Waals surface area contributed by atoms with Crippen molar-refractivity contribution in [3.05, 3.63) is 29.6 Å². The minimum Gasteiger partial charge on any atom is -0.377 e. The molecule has 1 unspecified atom stereocenters. The number of benzene rings is 1. The highest BCUT2D eigenvalue weighted by atomic mass is 19.1. The third kappa shape index (κ3) is 3.51. The van der Waals surface area contributed by atoms with Gasteiger partial charge in [0.05, 0.1) is 0 Å². The van der Waals surface area contributed by atoms with E-state index in [1.807, 2.05) is 32.0 Å². The first-order valence-corrected chi connectivity index (χ1v) is 5.22. The summed E-state index contributed by atoms with van der Waals surface area (Å²) in [7, 11) is 3.92.